The first-order valence-electron chi connectivity index (χ1n) is 4.45. The van der Waals surface area contributed by atoms with Gasteiger partial charge in [-0.05, 0) is 42.5 Å². The molecule has 0 aromatic carbocycles. The van der Waals surface area contributed by atoms with E-state index in [0.29, 0.717) is 19.3 Å². The van der Waals surface area contributed by atoms with Crippen LogP contribution < -0.4 is 0 Å². The van der Waals surface area contributed by atoms with Gasteiger partial charge in [-0.25, -0.2) is 0 Å². The van der Waals surface area contributed by atoms with Crippen molar-refractivity contribution >= 4 is 33.7 Å². The molecule has 0 aliphatic carbocycles. The minimum atomic E-state index is -0.350. The fourth-order valence-corrected chi connectivity index (χ4v) is 1.56. The molecule has 1 unspecified atom stereocenters. The quantitative estimate of drug-likeness (QED) is 0.624. The highest BCUT2D eigenvalue weighted by atomic mass is 35.5. The van der Waals surface area contributed by atoms with Crippen LogP contribution in [0, 0.1) is 5.92 Å². The van der Waals surface area contributed by atoms with Crippen molar-refractivity contribution in [2.24, 2.45) is 5.92 Å². The summed E-state index contributed by atoms with van der Waals surface area (Å²) in [7, 11) is 0. The van der Waals surface area contributed by atoms with E-state index in [-0.39, 0.29) is 16.4 Å². The topological polar surface area (TPSA) is 34.1 Å². The van der Waals surface area contributed by atoms with Gasteiger partial charge in [0, 0.05) is 12.3 Å². The Hall–Kier alpha value is -0.0800. The van der Waals surface area contributed by atoms with Gasteiger partial charge in [0.1, 0.15) is 0 Å². The molecule has 0 saturated carbocycles. The molecule has 0 radical (unpaired) electrons. The average Bonchev–Trinajstić information content (AvgIpc) is 2.02. The van der Waals surface area contributed by atoms with E-state index in [2.05, 4.69) is 0 Å². The molecular weight excluding hydrogens is 211 g/mol. The number of hydrogen-bond acceptors (Lipinski definition) is 2. The standard InChI is InChI=1S/C9H14Cl2O2/c1-2-4-7(9(11)13)5-3-6-8(10)12/h7H,2-6H2,1H3. The van der Waals surface area contributed by atoms with Crippen LogP contribution >= 0.6 is 23.2 Å². The van der Waals surface area contributed by atoms with Crippen molar-refractivity contribution in [3.63, 3.8) is 0 Å². The van der Waals surface area contributed by atoms with Gasteiger partial charge in [0.05, 0.1) is 0 Å². The normalized spacial score (nSPS) is 12.5. The van der Waals surface area contributed by atoms with Crippen LogP contribution in [-0.4, -0.2) is 10.5 Å². The molecule has 76 valence electrons. The second kappa shape index (κ2) is 7.34. The molecule has 1 atom stereocenters. The molecule has 13 heavy (non-hydrogen) atoms. The van der Waals surface area contributed by atoms with Crippen molar-refractivity contribution in [2.75, 3.05) is 0 Å². The van der Waals surface area contributed by atoms with Crippen LogP contribution in [0.2, 0.25) is 0 Å². The summed E-state index contributed by atoms with van der Waals surface area (Å²) in [5.41, 5.74) is 0. The average molecular weight is 225 g/mol. The summed E-state index contributed by atoms with van der Waals surface area (Å²) in [6.07, 6.45) is 3.35. The number of rotatable bonds is 7. The third-order valence-electron chi connectivity index (χ3n) is 1.88. The van der Waals surface area contributed by atoms with Crippen molar-refractivity contribution in [1.82, 2.24) is 0 Å². The summed E-state index contributed by atoms with van der Waals surface area (Å²) in [4.78, 5) is 21.3. The van der Waals surface area contributed by atoms with Gasteiger partial charge in [0.25, 0.3) is 0 Å². The highest BCUT2D eigenvalue weighted by Crippen LogP contribution is 2.18. The molecule has 0 N–H and O–H groups in total. The molecule has 0 aromatic heterocycles. The molecule has 0 heterocycles. The van der Waals surface area contributed by atoms with Crippen LogP contribution in [0.4, 0.5) is 0 Å². The molecular formula is C9H14Cl2O2. The van der Waals surface area contributed by atoms with Gasteiger partial charge in [-0.1, -0.05) is 13.3 Å². The van der Waals surface area contributed by atoms with Crippen LogP contribution in [0.5, 0.6) is 0 Å². The third kappa shape index (κ3) is 7.03. The Morgan fingerprint density at radius 3 is 2.23 bits per heavy atom. The van der Waals surface area contributed by atoms with Gasteiger partial charge >= 0.3 is 0 Å². The van der Waals surface area contributed by atoms with Crippen molar-refractivity contribution in [3.05, 3.63) is 0 Å². The van der Waals surface area contributed by atoms with Crippen LogP contribution in [0.1, 0.15) is 39.0 Å². The summed E-state index contributed by atoms with van der Waals surface area (Å²) in [6, 6.07) is 0. The second-order valence-electron chi connectivity index (χ2n) is 3.04. The number of halogens is 2. The Morgan fingerprint density at radius 1 is 1.23 bits per heavy atom. The van der Waals surface area contributed by atoms with E-state index in [1.54, 1.807) is 0 Å². The molecule has 0 aromatic rings. The molecule has 0 saturated heterocycles. The van der Waals surface area contributed by atoms with Crippen LogP contribution in [0.15, 0.2) is 0 Å². The van der Waals surface area contributed by atoms with Crippen LogP contribution in [-0.2, 0) is 9.59 Å². The van der Waals surface area contributed by atoms with E-state index in [1.165, 1.54) is 0 Å². The van der Waals surface area contributed by atoms with E-state index in [4.69, 9.17) is 23.2 Å². The molecule has 0 fully saturated rings. The highest BCUT2D eigenvalue weighted by Gasteiger charge is 2.14. The highest BCUT2D eigenvalue weighted by molar-refractivity contribution is 6.64. The van der Waals surface area contributed by atoms with Gasteiger partial charge in [0.2, 0.25) is 10.5 Å². The van der Waals surface area contributed by atoms with Crippen LogP contribution in [0.25, 0.3) is 0 Å². The Kier molecular flexibility index (Phi) is 7.29. The number of hydrogen-bond donors (Lipinski definition) is 0. The maximum atomic E-state index is 10.9. The van der Waals surface area contributed by atoms with E-state index >= 15 is 0 Å². The lowest BCUT2D eigenvalue weighted by molar-refractivity contribution is -0.116. The van der Waals surface area contributed by atoms with Gasteiger partial charge in [-0.3, -0.25) is 9.59 Å². The van der Waals surface area contributed by atoms with Crippen molar-refractivity contribution < 1.29 is 9.59 Å². The first-order valence-corrected chi connectivity index (χ1v) is 5.21. The molecule has 4 heteroatoms. The second-order valence-corrected chi connectivity index (χ2v) is 3.83. The SMILES string of the molecule is CCCC(CCCC(=O)Cl)C(=O)Cl. The zero-order valence-corrected chi connectivity index (χ0v) is 9.20. The number of carbonyl (C=O) groups excluding carboxylic acids is 2. The van der Waals surface area contributed by atoms with Crippen LogP contribution in [0.3, 0.4) is 0 Å². The van der Waals surface area contributed by atoms with Crippen molar-refractivity contribution in [1.29, 1.82) is 0 Å². The van der Waals surface area contributed by atoms with Gasteiger partial charge in [-0.2, -0.15) is 0 Å². The Labute approximate surface area is 88.6 Å². The Balaban J connectivity index is 3.69. The molecule has 0 aliphatic heterocycles. The molecule has 0 rings (SSSR count). The summed E-state index contributed by atoms with van der Waals surface area (Å²) >= 11 is 10.5. The Bertz CT molecular complexity index is 180. The molecule has 2 nitrogen and oxygen atoms in total. The maximum Gasteiger partial charge on any atom is 0.224 e. The van der Waals surface area contributed by atoms with E-state index < -0.39 is 0 Å². The predicted octanol–water partition coefficient (Wildman–Crippen LogP) is 3.10. The van der Waals surface area contributed by atoms with Gasteiger partial charge in [0.15, 0.2) is 0 Å². The smallest absolute Gasteiger partial charge is 0.224 e. The third-order valence-corrected chi connectivity index (χ3v) is 2.38. The fraction of sp³-hybridized carbons (Fsp3) is 0.778. The van der Waals surface area contributed by atoms with Crippen molar-refractivity contribution in [2.45, 2.75) is 39.0 Å². The van der Waals surface area contributed by atoms with E-state index in [9.17, 15) is 9.59 Å². The first-order chi connectivity index (χ1) is 6.07. The minimum Gasteiger partial charge on any atom is -0.281 e. The lowest BCUT2D eigenvalue weighted by atomic mass is 9.99. The lowest BCUT2D eigenvalue weighted by Crippen LogP contribution is -2.08. The Morgan fingerprint density at radius 2 is 1.85 bits per heavy atom. The lowest BCUT2D eigenvalue weighted by Gasteiger charge is -2.09. The monoisotopic (exact) mass is 224 g/mol. The summed E-state index contributed by atoms with van der Waals surface area (Å²) in [5.74, 6) is -0.109. The van der Waals surface area contributed by atoms with E-state index in [0.717, 1.165) is 12.8 Å². The minimum absolute atomic E-state index is 0.109. The molecule has 0 aliphatic rings. The first kappa shape index (κ1) is 12.9. The summed E-state index contributed by atoms with van der Waals surface area (Å²) in [5, 5.41) is -0.652. The predicted molar refractivity (Wildman–Crippen MR) is 54.0 cm³/mol. The fourth-order valence-electron chi connectivity index (χ4n) is 1.21. The van der Waals surface area contributed by atoms with Gasteiger partial charge < -0.3 is 0 Å². The van der Waals surface area contributed by atoms with E-state index in [1.807, 2.05) is 6.92 Å². The maximum absolute atomic E-state index is 10.9. The summed E-state index contributed by atoms with van der Waals surface area (Å²) < 4.78 is 0. The largest absolute Gasteiger partial charge is 0.281 e. The summed E-state index contributed by atoms with van der Waals surface area (Å²) in [6.45, 7) is 2.00. The zero-order chi connectivity index (χ0) is 10.3. The number of carbonyl (C=O) groups is 2. The molecule has 0 spiro atoms. The molecule has 0 amide bonds. The zero-order valence-electron chi connectivity index (χ0n) is 7.69. The van der Waals surface area contributed by atoms with Crippen molar-refractivity contribution in [3.8, 4) is 0 Å². The van der Waals surface area contributed by atoms with Gasteiger partial charge in [-0.15, -0.1) is 0 Å². The molecule has 0 bridgehead atoms.